The molecule has 1 amide bonds. The van der Waals surface area contributed by atoms with Gasteiger partial charge in [0.2, 0.25) is 0 Å². The Kier molecular flexibility index (Phi) is 3.53. The second kappa shape index (κ2) is 4.77. The van der Waals surface area contributed by atoms with Crippen LogP contribution in [0.25, 0.3) is 0 Å². The van der Waals surface area contributed by atoms with Gasteiger partial charge in [-0.1, -0.05) is 6.92 Å². The molecule has 1 aromatic heterocycles. The molecule has 1 fully saturated rings. The minimum Gasteiger partial charge on any atom is -0.465 e. The number of carbonyl (C=O) groups is 1. The fraction of sp³-hybridized carbons (Fsp3) is 0.455. The summed E-state index contributed by atoms with van der Waals surface area (Å²) in [5, 5.41) is 9.29. The molecular weight excluding hydrogens is 335 g/mol. The fourth-order valence-corrected chi connectivity index (χ4v) is 2.34. The quantitative estimate of drug-likeness (QED) is 0.851. The number of hydrogen-bond acceptors (Lipinski definition) is 3. The molecule has 1 aliphatic rings. The molecular formula is C11H13IN2O3. The molecule has 0 bridgehead atoms. The maximum absolute atomic E-state index is 11.3. The zero-order valence-electron chi connectivity index (χ0n) is 9.39. The Morgan fingerprint density at radius 2 is 2.41 bits per heavy atom. The first kappa shape index (κ1) is 12.6. The van der Waals surface area contributed by atoms with Gasteiger partial charge in [0.15, 0.2) is 0 Å². The van der Waals surface area contributed by atoms with E-state index in [4.69, 9.17) is 4.74 Å². The van der Waals surface area contributed by atoms with Gasteiger partial charge in [0, 0.05) is 21.7 Å². The molecule has 0 atom stereocenters. The summed E-state index contributed by atoms with van der Waals surface area (Å²) in [7, 11) is 0. The van der Waals surface area contributed by atoms with Crippen LogP contribution in [0.3, 0.4) is 0 Å². The fourth-order valence-electron chi connectivity index (χ4n) is 1.75. The van der Waals surface area contributed by atoms with Crippen molar-refractivity contribution in [1.82, 2.24) is 4.98 Å². The predicted octanol–water partition coefficient (Wildman–Crippen LogP) is 2.21. The van der Waals surface area contributed by atoms with Gasteiger partial charge in [0.25, 0.3) is 0 Å². The number of anilines is 1. The van der Waals surface area contributed by atoms with E-state index in [-0.39, 0.29) is 5.41 Å². The van der Waals surface area contributed by atoms with Crippen LogP contribution in [0.15, 0.2) is 18.5 Å². The number of halogens is 1. The lowest BCUT2D eigenvalue weighted by Gasteiger charge is -2.40. The van der Waals surface area contributed by atoms with Crippen molar-refractivity contribution in [1.29, 1.82) is 0 Å². The molecule has 0 aliphatic carbocycles. The van der Waals surface area contributed by atoms with E-state index in [9.17, 15) is 9.90 Å². The van der Waals surface area contributed by atoms with Crippen molar-refractivity contribution >= 4 is 34.4 Å². The first-order valence-electron chi connectivity index (χ1n) is 5.20. The summed E-state index contributed by atoms with van der Waals surface area (Å²) in [6.45, 7) is 3.67. The zero-order chi connectivity index (χ0) is 12.5. The van der Waals surface area contributed by atoms with E-state index < -0.39 is 6.09 Å². The minimum absolute atomic E-state index is 0.0860. The molecule has 1 N–H and O–H groups in total. The van der Waals surface area contributed by atoms with Crippen molar-refractivity contribution in [3.63, 3.8) is 0 Å². The van der Waals surface area contributed by atoms with Crippen LogP contribution in [0.2, 0.25) is 0 Å². The average molecular weight is 348 g/mol. The van der Waals surface area contributed by atoms with Crippen LogP contribution in [-0.4, -0.2) is 35.9 Å². The number of amides is 1. The van der Waals surface area contributed by atoms with Crippen LogP contribution in [0.4, 0.5) is 10.5 Å². The van der Waals surface area contributed by atoms with Crippen molar-refractivity contribution in [3.8, 4) is 0 Å². The summed E-state index contributed by atoms with van der Waals surface area (Å²) < 4.78 is 6.03. The SMILES string of the molecule is CC1(CN(C(=O)O)c2cnccc2I)COC1. The van der Waals surface area contributed by atoms with E-state index in [2.05, 4.69) is 27.6 Å². The molecule has 92 valence electrons. The lowest BCUT2D eigenvalue weighted by atomic mass is 9.88. The van der Waals surface area contributed by atoms with E-state index in [0.717, 1.165) is 3.57 Å². The van der Waals surface area contributed by atoms with Gasteiger partial charge in [-0.3, -0.25) is 9.88 Å². The summed E-state index contributed by atoms with van der Waals surface area (Å²) >= 11 is 2.11. The highest BCUT2D eigenvalue weighted by molar-refractivity contribution is 14.1. The molecule has 1 saturated heterocycles. The van der Waals surface area contributed by atoms with Gasteiger partial charge in [-0.05, 0) is 28.7 Å². The van der Waals surface area contributed by atoms with E-state index >= 15 is 0 Å². The summed E-state index contributed by atoms with van der Waals surface area (Å²) in [5.41, 5.74) is 0.547. The molecule has 1 aromatic rings. The Bertz CT molecular complexity index is 434. The van der Waals surface area contributed by atoms with Crippen LogP contribution in [-0.2, 0) is 4.74 Å². The normalized spacial score (nSPS) is 17.3. The average Bonchev–Trinajstić information content (AvgIpc) is 2.24. The third kappa shape index (κ3) is 2.68. The van der Waals surface area contributed by atoms with Gasteiger partial charge in [-0.25, -0.2) is 4.79 Å². The Hall–Kier alpha value is -0.890. The number of aromatic nitrogens is 1. The Morgan fingerprint density at radius 3 is 2.88 bits per heavy atom. The zero-order valence-corrected chi connectivity index (χ0v) is 11.5. The van der Waals surface area contributed by atoms with Crippen molar-refractivity contribution in [3.05, 3.63) is 22.0 Å². The smallest absolute Gasteiger partial charge is 0.411 e. The third-order valence-electron chi connectivity index (χ3n) is 2.71. The molecule has 0 spiro atoms. The number of ether oxygens (including phenoxy) is 1. The van der Waals surface area contributed by atoms with Gasteiger partial charge >= 0.3 is 6.09 Å². The van der Waals surface area contributed by atoms with Gasteiger partial charge < -0.3 is 9.84 Å². The van der Waals surface area contributed by atoms with Crippen LogP contribution >= 0.6 is 22.6 Å². The van der Waals surface area contributed by atoms with E-state index in [1.54, 1.807) is 18.5 Å². The van der Waals surface area contributed by atoms with E-state index in [1.807, 2.05) is 6.92 Å². The van der Waals surface area contributed by atoms with Crippen molar-refractivity contribution in [2.45, 2.75) is 6.92 Å². The Balaban J connectivity index is 2.23. The molecule has 2 heterocycles. The topological polar surface area (TPSA) is 62.7 Å². The first-order chi connectivity index (χ1) is 8.02. The summed E-state index contributed by atoms with van der Waals surface area (Å²) in [6, 6.07) is 1.80. The second-order valence-corrected chi connectivity index (χ2v) is 5.66. The monoisotopic (exact) mass is 348 g/mol. The molecule has 0 unspecified atom stereocenters. The van der Waals surface area contributed by atoms with Gasteiger partial charge in [0.05, 0.1) is 25.1 Å². The number of nitrogens with zero attached hydrogens (tertiary/aromatic N) is 2. The molecule has 0 radical (unpaired) electrons. The number of pyridine rings is 1. The standard InChI is InChI=1S/C11H13IN2O3/c1-11(6-17-7-11)5-14(10(15)16)9-4-13-3-2-8(9)12/h2-4H,5-7H2,1H3,(H,15,16). The lowest BCUT2D eigenvalue weighted by molar-refractivity contribution is -0.0950. The maximum atomic E-state index is 11.3. The largest absolute Gasteiger partial charge is 0.465 e. The molecule has 0 aromatic carbocycles. The molecule has 1 aliphatic heterocycles. The van der Waals surface area contributed by atoms with Crippen LogP contribution in [0, 0.1) is 8.99 Å². The Labute approximate surface area is 113 Å². The minimum atomic E-state index is -0.955. The molecule has 2 rings (SSSR count). The summed E-state index contributed by atoms with van der Waals surface area (Å²) in [4.78, 5) is 16.7. The van der Waals surface area contributed by atoms with Crippen LogP contribution in [0.5, 0.6) is 0 Å². The van der Waals surface area contributed by atoms with Crippen molar-refractivity contribution in [2.75, 3.05) is 24.7 Å². The van der Waals surface area contributed by atoms with Gasteiger partial charge in [-0.15, -0.1) is 0 Å². The second-order valence-electron chi connectivity index (χ2n) is 4.50. The van der Waals surface area contributed by atoms with Crippen LogP contribution in [0.1, 0.15) is 6.92 Å². The maximum Gasteiger partial charge on any atom is 0.411 e. The van der Waals surface area contributed by atoms with Crippen molar-refractivity contribution in [2.24, 2.45) is 5.41 Å². The van der Waals surface area contributed by atoms with E-state index in [1.165, 1.54) is 4.90 Å². The number of hydrogen-bond donors (Lipinski definition) is 1. The highest BCUT2D eigenvalue weighted by atomic mass is 127. The molecule has 17 heavy (non-hydrogen) atoms. The predicted molar refractivity (Wildman–Crippen MR) is 71.3 cm³/mol. The van der Waals surface area contributed by atoms with Gasteiger partial charge in [-0.2, -0.15) is 0 Å². The number of carboxylic acid groups (broad SMARTS) is 1. The van der Waals surface area contributed by atoms with Crippen molar-refractivity contribution < 1.29 is 14.6 Å². The summed E-state index contributed by atoms with van der Waals surface area (Å²) in [6.07, 6.45) is 2.28. The van der Waals surface area contributed by atoms with Crippen LogP contribution < -0.4 is 4.90 Å². The molecule has 6 heteroatoms. The highest BCUT2D eigenvalue weighted by Gasteiger charge is 2.37. The van der Waals surface area contributed by atoms with Gasteiger partial charge in [0.1, 0.15) is 0 Å². The number of rotatable bonds is 3. The third-order valence-corrected chi connectivity index (χ3v) is 3.62. The molecule has 5 nitrogen and oxygen atoms in total. The molecule has 0 saturated carbocycles. The van der Waals surface area contributed by atoms with E-state index in [0.29, 0.717) is 25.4 Å². The first-order valence-corrected chi connectivity index (χ1v) is 6.27. The highest BCUT2D eigenvalue weighted by Crippen LogP contribution is 2.31. The lowest BCUT2D eigenvalue weighted by Crippen LogP contribution is -2.50. The summed E-state index contributed by atoms with van der Waals surface area (Å²) in [5.74, 6) is 0. The Morgan fingerprint density at radius 1 is 1.71 bits per heavy atom.